The molecule has 1 fully saturated rings. The first-order chi connectivity index (χ1) is 7.25. The van der Waals surface area contributed by atoms with E-state index in [4.69, 9.17) is 0 Å². The number of aromatic nitrogens is 1. The number of hydrogen-bond donors (Lipinski definition) is 1. The summed E-state index contributed by atoms with van der Waals surface area (Å²) in [6.45, 7) is 5.44. The van der Waals surface area contributed by atoms with Crippen LogP contribution >= 0.6 is 11.3 Å². The Labute approximate surface area is 96.1 Å². The van der Waals surface area contributed by atoms with Crippen LogP contribution in [0, 0.1) is 12.8 Å². The van der Waals surface area contributed by atoms with Gasteiger partial charge in [0, 0.05) is 11.4 Å². The summed E-state index contributed by atoms with van der Waals surface area (Å²) >= 11 is 1.74. The van der Waals surface area contributed by atoms with E-state index in [2.05, 4.69) is 29.5 Å². The highest BCUT2D eigenvalue weighted by atomic mass is 32.1. The van der Waals surface area contributed by atoms with Crippen molar-refractivity contribution in [2.24, 2.45) is 5.92 Å². The van der Waals surface area contributed by atoms with Crippen molar-refractivity contribution in [1.82, 2.24) is 10.3 Å². The maximum atomic E-state index is 4.51. The number of nitrogens with zero attached hydrogens (tertiary/aromatic N) is 1. The fourth-order valence-corrected chi connectivity index (χ4v) is 2.95. The molecule has 0 saturated heterocycles. The summed E-state index contributed by atoms with van der Waals surface area (Å²) in [7, 11) is 0. The van der Waals surface area contributed by atoms with Gasteiger partial charge in [0.15, 0.2) is 0 Å². The molecule has 3 heteroatoms. The van der Waals surface area contributed by atoms with E-state index in [9.17, 15) is 0 Å². The van der Waals surface area contributed by atoms with Gasteiger partial charge in [-0.15, -0.1) is 11.3 Å². The van der Waals surface area contributed by atoms with Gasteiger partial charge >= 0.3 is 0 Å². The van der Waals surface area contributed by atoms with E-state index in [1.165, 1.54) is 36.4 Å². The van der Waals surface area contributed by atoms with Gasteiger partial charge in [0.25, 0.3) is 0 Å². The van der Waals surface area contributed by atoms with Gasteiger partial charge in [0.2, 0.25) is 0 Å². The maximum absolute atomic E-state index is 4.51. The molecule has 1 atom stereocenters. The molecule has 84 valence electrons. The molecular weight excluding hydrogens is 204 g/mol. The largest absolute Gasteiger partial charge is 0.309 e. The Bertz CT molecular complexity index is 302. The topological polar surface area (TPSA) is 24.9 Å². The van der Waals surface area contributed by atoms with Gasteiger partial charge in [0.1, 0.15) is 0 Å². The molecule has 1 N–H and O–H groups in total. The van der Waals surface area contributed by atoms with Gasteiger partial charge in [-0.1, -0.05) is 12.8 Å². The Kier molecular flexibility index (Phi) is 3.76. The van der Waals surface area contributed by atoms with Crippen LogP contribution in [0.3, 0.4) is 0 Å². The van der Waals surface area contributed by atoms with Gasteiger partial charge in [-0.2, -0.15) is 0 Å². The first kappa shape index (κ1) is 11.1. The average molecular weight is 224 g/mol. The van der Waals surface area contributed by atoms with Crippen molar-refractivity contribution in [3.63, 3.8) is 0 Å². The first-order valence-electron chi connectivity index (χ1n) is 5.91. The number of rotatable bonds is 4. The smallest absolute Gasteiger partial charge is 0.0898 e. The minimum atomic E-state index is 0.413. The van der Waals surface area contributed by atoms with Gasteiger partial charge < -0.3 is 5.32 Å². The number of nitrogens with one attached hydrogen (secondary N) is 1. The predicted octanol–water partition coefficient (Wildman–Crippen LogP) is 3.29. The third-order valence-electron chi connectivity index (χ3n) is 3.27. The van der Waals surface area contributed by atoms with Crippen LogP contribution < -0.4 is 5.32 Å². The zero-order valence-electron chi connectivity index (χ0n) is 9.62. The fraction of sp³-hybridized carbons (Fsp3) is 0.750. The Morgan fingerprint density at radius 1 is 1.53 bits per heavy atom. The van der Waals surface area contributed by atoms with E-state index < -0.39 is 0 Å². The lowest BCUT2D eigenvalue weighted by Crippen LogP contribution is -2.24. The molecule has 0 amide bonds. The van der Waals surface area contributed by atoms with Gasteiger partial charge in [-0.25, -0.2) is 4.98 Å². The van der Waals surface area contributed by atoms with Crippen LogP contribution in [0.25, 0.3) is 0 Å². The summed E-state index contributed by atoms with van der Waals surface area (Å²) in [6, 6.07) is 0.413. The SMILES string of the molecule is Cc1nc(C(C)NCC2CCCC2)cs1. The molecule has 15 heavy (non-hydrogen) atoms. The highest BCUT2D eigenvalue weighted by molar-refractivity contribution is 7.09. The molecule has 1 aliphatic carbocycles. The Morgan fingerprint density at radius 3 is 2.87 bits per heavy atom. The van der Waals surface area contributed by atoms with E-state index in [0.717, 1.165) is 12.5 Å². The number of aryl methyl sites for hydroxylation is 1. The lowest BCUT2D eigenvalue weighted by molar-refractivity contribution is 0.449. The van der Waals surface area contributed by atoms with Gasteiger partial charge in [0.05, 0.1) is 10.7 Å². The summed E-state index contributed by atoms with van der Waals surface area (Å²) in [5.74, 6) is 0.909. The molecule has 1 unspecified atom stereocenters. The third kappa shape index (κ3) is 3.02. The number of thiazole rings is 1. The van der Waals surface area contributed by atoms with Crippen LogP contribution in [0.1, 0.15) is 49.4 Å². The van der Waals surface area contributed by atoms with E-state index in [1.54, 1.807) is 11.3 Å². The van der Waals surface area contributed by atoms with E-state index in [-0.39, 0.29) is 0 Å². The monoisotopic (exact) mass is 224 g/mol. The van der Waals surface area contributed by atoms with Crippen LogP contribution in [-0.2, 0) is 0 Å². The van der Waals surface area contributed by atoms with Crippen molar-refractivity contribution in [3.8, 4) is 0 Å². The highest BCUT2D eigenvalue weighted by Crippen LogP contribution is 2.24. The lowest BCUT2D eigenvalue weighted by Gasteiger charge is -2.15. The minimum absolute atomic E-state index is 0.413. The highest BCUT2D eigenvalue weighted by Gasteiger charge is 2.16. The summed E-state index contributed by atoms with van der Waals surface area (Å²) < 4.78 is 0. The number of hydrogen-bond acceptors (Lipinski definition) is 3. The van der Waals surface area contributed by atoms with E-state index in [0.29, 0.717) is 6.04 Å². The predicted molar refractivity (Wildman–Crippen MR) is 65.2 cm³/mol. The van der Waals surface area contributed by atoms with Crippen molar-refractivity contribution in [2.75, 3.05) is 6.54 Å². The van der Waals surface area contributed by atoms with Crippen molar-refractivity contribution in [1.29, 1.82) is 0 Å². The maximum Gasteiger partial charge on any atom is 0.0898 e. The Hall–Kier alpha value is -0.410. The molecular formula is C12H20N2S. The molecule has 2 nitrogen and oxygen atoms in total. The van der Waals surface area contributed by atoms with Crippen molar-refractivity contribution in [3.05, 3.63) is 16.1 Å². The molecule has 0 aliphatic heterocycles. The van der Waals surface area contributed by atoms with Crippen LogP contribution in [0.5, 0.6) is 0 Å². The van der Waals surface area contributed by atoms with E-state index >= 15 is 0 Å². The molecule has 0 spiro atoms. The second-order valence-electron chi connectivity index (χ2n) is 4.57. The molecule has 2 rings (SSSR count). The van der Waals surface area contributed by atoms with Gasteiger partial charge in [-0.05, 0) is 39.2 Å². The lowest BCUT2D eigenvalue weighted by atomic mass is 10.1. The first-order valence-corrected chi connectivity index (χ1v) is 6.79. The zero-order valence-corrected chi connectivity index (χ0v) is 10.4. The average Bonchev–Trinajstić information content (AvgIpc) is 2.84. The summed E-state index contributed by atoms with van der Waals surface area (Å²) in [5.41, 5.74) is 1.20. The summed E-state index contributed by atoms with van der Waals surface area (Å²) in [6.07, 6.45) is 5.68. The van der Waals surface area contributed by atoms with E-state index in [1.807, 2.05) is 0 Å². The second kappa shape index (κ2) is 5.08. The van der Waals surface area contributed by atoms with Crippen LogP contribution in [-0.4, -0.2) is 11.5 Å². The Balaban J connectivity index is 1.79. The molecule has 1 aromatic heterocycles. The molecule has 0 aromatic carbocycles. The Morgan fingerprint density at radius 2 is 2.27 bits per heavy atom. The molecule has 1 aliphatic rings. The summed E-state index contributed by atoms with van der Waals surface area (Å²) in [5, 5.41) is 6.93. The van der Waals surface area contributed by atoms with Crippen LogP contribution in [0.15, 0.2) is 5.38 Å². The third-order valence-corrected chi connectivity index (χ3v) is 4.06. The van der Waals surface area contributed by atoms with Crippen LogP contribution in [0.4, 0.5) is 0 Å². The quantitative estimate of drug-likeness (QED) is 0.849. The van der Waals surface area contributed by atoms with Gasteiger partial charge in [-0.3, -0.25) is 0 Å². The fourth-order valence-electron chi connectivity index (χ4n) is 2.24. The van der Waals surface area contributed by atoms with Crippen molar-refractivity contribution in [2.45, 2.75) is 45.6 Å². The second-order valence-corrected chi connectivity index (χ2v) is 5.63. The normalized spacial score (nSPS) is 19.6. The van der Waals surface area contributed by atoms with Crippen LogP contribution in [0.2, 0.25) is 0 Å². The minimum Gasteiger partial charge on any atom is -0.309 e. The molecule has 1 aromatic rings. The van der Waals surface area contributed by atoms with Crippen molar-refractivity contribution >= 4 is 11.3 Å². The van der Waals surface area contributed by atoms with Crippen molar-refractivity contribution < 1.29 is 0 Å². The zero-order chi connectivity index (χ0) is 10.7. The molecule has 0 bridgehead atoms. The molecule has 1 saturated carbocycles. The molecule has 1 heterocycles. The molecule has 0 radical (unpaired) electrons. The standard InChI is InChI=1S/C12H20N2S/c1-9(12-8-15-10(2)14-12)13-7-11-5-3-4-6-11/h8-9,11,13H,3-7H2,1-2H3. The summed E-state index contributed by atoms with van der Waals surface area (Å²) in [4.78, 5) is 4.51.